The van der Waals surface area contributed by atoms with E-state index < -0.39 is 0 Å². The Bertz CT molecular complexity index is 3040. The number of allylic oxidation sites excluding steroid dienone is 2. The SMILES string of the molecule is CC(C)c1cc2c(N3c4ccccc4OC4C=CC=CC43)ccc3c(C(C)C)cc4c(N(c5ccccc5)c5ccc6[nH]c7ccccc7c6c5)ccc1c4c32. The fourth-order valence-electron chi connectivity index (χ4n) is 9.61. The molecule has 0 radical (unpaired) electrons. The number of ether oxygens (including phenoxy) is 1. The Labute approximate surface area is 327 Å². The van der Waals surface area contributed by atoms with Gasteiger partial charge in [0, 0.05) is 49.6 Å². The lowest BCUT2D eigenvalue weighted by Gasteiger charge is -2.42. The summed E-state index contributed by atoms with van der Waals surface area (Å²) in [6.45, 7) is 9.34. The smallest absolute Gasteiger partial charge is 0.144 e. The number of H-pyrrole nitrogens is 1. The zero-order chi connectivity index (χ0) is 37.7. The van der Waals surface area contributed by atoms with E-state index in [1.807, 2.05) is 0 Å². The van der Waals surface area contributed by atoms with E-state index in [0.717, 1.165) is 33.8 Å². The molecular formula is C52H43N3O. The van der Waals surface area contributed by atoms with Crippen molar-refractivity contribution >= 4 is 82.6 Å². The van der Waals surface area contributed by atoms with E-state index in [1.54, 1.807) is 0 Å². The maximum Gasteiger partial charge on any atom is 0.144 e. The molecule has 8 aromatic carbocycles. The molecule has 1 aliphatic heterocycles. The number of para-hydroxylation sites is 4. The first kappa shape index (κ1) is 32.9. The number of benzene rings is 8. The first-order valence-corrected chi connectivity index (χ1v) is 20.0. The van der Waals surface area contributed by atoms with Crippen LogP contribution in [0.5, 0.6) is 5.75 Å². The topological polar surface area (TPSA) is 31.5 Å². The van der Waals surface area contributed by atoms with Gasteiger partial charge in [-0.3, -0.25) is 0 Å². The highest BCUT2D eigenvalue weighted by molar-refractivity contribution is 6.29. The van der Waals surface area contributed by atoms with E-state index in [2.05, 4.69) is 200 Å². The van der Waals surface area contributed by atoms with Crippen LogP contribution in [-0.4, -0.2) is 17.1 Å². The van der Waals surface area contributed by atoms with Crippen molar-refractivity contribution in [3.05, 3.63) is 169 Å². The molecule has 11 rings (SSSR count). The standard InChI is InChI=1S/C52H43N3O/c1-31(2)38-29-41-45(54(33-14-6-5-7-15-33)34-22-25-44-40(28-34)35-16-8-9-17-43(35)53-44)26-23-36-39(32(3)4)30-42-46(27-24-37(38)52(42)51(36)41)55-47-18-10-12-20-49(47)56-50-21-13-11-19-48(50)55/h5-32,47,49,53H,1-4H3. The molecule has 2 aliphatic rings. The molecule has 0 amide bonds. The van der Waals surface area contributed by atoms with Crippen LogP contribution in [-0.2, 0) is 0 Å². The summed E-state index contributed by atoms with van der Waals surface area (Å²) >= 11 is 0. The second-order valence-electron chi connectivity index (χ2n) is 16.1. The molecule has 4 heteroatoms. The molecule has 2 atom stereocenters. The lowest BCUT2D eigenvalue weighted by molar-refractivity contribution is 0.218. The van der Waals surface area contributed by atoms with Gasteiger partial charge in [0.05, 0.1) is 17.4 Å². The van der Waals surface area contributed by atoms with E-state index in [0.29, 0.717) is 11.8 Å². The lowest BCUT2D eigenvalue weighted by Crippen LogP contribution is -2.46. The van der Waals surface area contributed by atoms with Gasteiger partial charge in [0.25, 0.3) is 0 Å². The molecule has 1 aromatic heterocycles. The molecule has 0 saturated heterocycles. The first-order chi connectivity index (χ1) is 27.4. The number of hydrogen-bond donors (Lipinski definition) is 1. The van der Waals surface area contributed by atoms with E-state index >= 15 is 0 Å². The number of aromatic nitrogens is 1. The minimum absolute atomic E-state index is 0.0315. The zero-order valence-corrected chi connectivity index (χ0v) is 32.1. The summed E-state index contributed by atoms with van der Waals surface area (Å²) in [5.41, 5.74) is 10.8. The molecule has 0 fully saturated rings. The van der Waals surface area contributed by atoms with Gasteiger partial charge in [-0.25, -0.2) is 0 Å². The highest BCUT2D eigenvalue weighted by Crippen LogP contribution is 2.52. The second kappa shape index (κ2) is 12.5. The summed E-state index contributed by atoms with van der Waals surface area (Å²) in [6, 6.07) is 49.4. The summed E-state index contributed by atoms with van der Waals surface area (Å²) in [7, 11) is 0. The Kier molecular flexibility index (Phi) is 7.34. The molecule has 2 heterocycles. The fraction of sp³-hybridized carbons (Fsp3) is 0.154. The molecular weight excluding hydrogens is 683 g/mol. The second-order valence-corrected chi connectivity index (χ2v) is 16.1. The van der Waals surface area contributed by atoms with Crippen molar-refractivity contribution in [2.45, 2.75) is 51.7 Å². The van der Waals surface area contributed by atoms with Gasteiger partial charge in [-0.15, -0.1) is 0 Å². The number of anilines is 5. The van der Waals surface area contributed by atoms with Crippen molar-refractivity contribution in [2.24, 2.45) is 0 Å². The largest absolute Gasteiger partial charge is 0.482 e. The van der Waals surface area contributed by atoms with Crippen molar-refractivity contribution in [3.63, 3.8) is 0 Å². The van der Waals surface area contributed by atoms with Crippen molar-refractivity contribution in [1.29, 1.82) is 0 Å². The van der Waals surface area contributed by atoms with Gasteiger partial charge in [-0.05, 0) is 123 Å². The molecule has 4 nitrogen and oxygen atoms in total. The van der Waals surface area contributed by atoms with Crippen LogP contribution in [0.2, 0.25) is 0 Å². The van der Waals surface area contributed by atoms with Crippen LogP contribution in [0.1, 0.15) is 50.7 Å². The molecule has 1 N–H and O–H groups in total. The minimum atomic E-state index is -0.0789. The summed E-state index contributed by atoms with van der Waals surface area (Å²) in [5, 5.41) is 10.3. The monoisotopic (exact) mass is 725 g/mol. The molecule has 56 heavy (non-hydrogen) atoms. The average Bonchev–Trinajstić information content (AvgIpc) is 3.60. The predicted octanol–water partition coefficient (Wildman–Crippen LogP) is 14.3. The van der Waals surface area contributed by atoms with Crippen molar-refractivity contribution < 1.29 is 4.74 Å². The van der Waals surface area contributed by atoms with Gasteiger partial charge in [-0.2, -0.15) is 0 Å². The molecule has 0 spiro atoms. The first-order valence-electron chi connectivity index (χ1n) is 20.0. The van der Waals surface area contributed by atoms with Crippen LogP contribution in [0.25, 0.3) is 54.1 Å². The van der Waals surface area contributed by atoms with Crippen LogP contribution in [0.15, 0.2) is 158 Å². The maximum absolute atomic E-state index is 6.61. The normalized spacial score (nSPS) is 16.5. The summed E-state index contributed by atoms with van der Waals surface area (Å²) in [4.78, 5) is 8.64. The summed E-state index contributed by atoms with van der Waals surface area (Å²) < 4.78 is 6.61. The van der Waals surface area contributed by atoms with Gasteiger partial charge in [0.15, 0.2) is 0 Å². The Morgan fingerprint density at radius 3 is 2.04 bits per heavy atom. The van der Waals surface area contributed by atoms with Crippen molar-refractivity contribution in [1.82, 2.24) is 4.98 Å². The van der Waals surface area contributed by atoms with Crippen LogP contribution < -0.4 is 14.5 Å². The van der Waals surface area contributed by atoms with Crippen molar-refractivity contribution in [3.8, 4) is 5.75 Å². The zero-order valence-electron chi connectivity index (χ0n) is 32.1. The van der Waals surface area contributed by atoms with Crippen LogP contribution in [0.3, 0.4) is 0 Å². The van der Waals surface area contributed by atoms with Gasteiger partial charge in [0.2, 0.25) is 0 Å². The summed E-state index contributed by atoms with van der Waals surface area (Å²) in [5.74, 6) is 1.55. The van der Waals surface area contributed by atoms with Crippen LogP contribution in [0.4, 0.5) is 28.4 Å². The third-order valence-electron chi connectivity index (χ3n) is 12.2. The van der Waals surface area contributed by atoms with E-state index in [4.69, 9.17) is 4.74 Å². The molecule has 1 aliphatic carbocycles. The number of nitrogens with one attached hydrogen (secondary N) is 1. The van der Waals surface area contributed by atoms with Crippen LogP contribution in [0, 0.1) is 0 Å². The maximum atomic E-state index is 6.61. The molecule has 272 valence electrons. The third-order valence-corrected chi connectivity index (χ3v) is 12.2. The number of rotatable bonds is 6. The Morgan fingerprint density at radius 2 is 1.21 bits per heavy atom. The average molecular weight is 726 g/mol. The molecule has 9 aromatic rings. The van der Waals surface area contributed by atoms with Crippen molar-refractivity contribution in [2.75, 3.05) is 9.80 Å². The van der Waals surface area contributed by atoms with Gasteiger partial charge in [0.1, 0.15) is 11.9 Å². The van der Waals surface area contributed by atoms with E-state index in [1.165, 1.54) is 65.6 Å². The summed E-state index contributed by atoms with van der Waals surface area (Å²) in [6.07, 6.45) is 8.68. The Hall–Kier alpha value is -6.52. The number of fused-ring (bicyclic) bond motifs is 5. The highest BCUT2D eigenvalue weighted by Gasteiger charge is 2.36. The van der Waals surface area contributed by atoms with E-state index in [9.17, 15) is 0 Å². The Balaban J connectivity index is 1.24. The molecule has 0 saturated carbocycles. The fourth-order valence-corrected chi connectivity index (χ4v) is 9.61. The van der Waals surface area contributed by atoms with E-state index in [-0.39, 0.29) is 12.1 Å². The number of hydrogen-bond acceptors (Lipinski definition) is 3. The molecule has 2 unspecified atom stereocenters. The quantitative estimate of drug-likeness (QED) is 0.173. The predicted molar refractivity (Wildman–Crippen MR) is 237 cm³/mol. The number of aromatic amines is 1. The van der Waals surface area contributed by atoms with Crippen LogP contribution >= 0.6 is 0 Å². The molecule has 0 bridgehead atoms. The highest BCUT2D eigenvalue weighted by atomic mass is 16.5. The minimum Gasteiger partial charge on any atom is -0.482 e. The Morgan fingerprint density at radius 1 is 0.536 bits per heavy atom. The number of nitrogens with zero attached hydrogens (tertiary/aromatic N) is 2. The van der Waals surface area contributed by atoms with Gasteiger partial charge in [-0.1, -0.05) is 107 Å². The van der Waals surface area contributed by atoms with Gasteiger partial charge < -0.3 is 19.5 Å². The van der Waals surface area contributed by atoms with Gasteiger partial charge >= 0.3 is 0 Å². The lowest BCUT2D eigenvalue weighted by atomic mass is 9.82. The third kappa shape index (κ3) is 4.85.